The Kier molecular flexibility index (Phi) is 5.15. The van der Waals surface area contributed by atoms with Gasteiger partial charge in [0, 0.05) is 31.4 Å². The largest absolute Gasteiger partial charge is 0.375 e. The Balaban J connectivity index is 1.72. The maximum absolute atomic E-state index is 12.0. The van der Waals surface area contributed by atoms with Crippen LogP contribution in [0.15, 0.2) is 5.38 Å². The first-order valence-electron chi connectivity index (χ1n) is 6.74. The van der Waals surface area contributed by atoms with Crippen LogP contribution in [0.1, 0.15) is 24.0 Å². The first-order chi connectivity index (χ1) is 9.19. The Bertz CT molecular complexity index is 422. The van der Waals surface area contributed by atoms with Gasteiger partial charge in [-0.15, -0.1) is 11.3 Å². The zero-order valence-corrected chi connectivity index (χ0v) is 12.3. The molecule has 106 valence electrons. The fraction of sp³-hybridized carbons (Fsp3) is 0.692. The van der Waals surface area contributed by atoms with Crippen LogP contribution in [-0.4, -0.2) is 48.3 Å². The molecular formula is C13H21N3O2S. The number of amides is 2. The summed E-state index contributed by atoms with van der Waals surface area (Å²) >= 11 is 1.64. The number of aromatic nitrogens is 1. The van der Waals surface area contributed by atoms with Crippen LogP contribution >= 0.6 is 11.3 Å². The van der Waals surface area contributed by atoms with Crippen LogP contribution in [0.5, 0.6) is 0 Å². The van der Waals surface area contributed by atoms with E-state index in [1.165, 1.54) is 0 Å². The maximum atomic E-state index is 12.0. The summed E-state index contributed by atoms with van der Waals surface area (Å²) in [6, 6.07) is 0.00806. The van der Waals surface area contributed by atoms with Gasteiger partial charge >= 0.3 is 6.03 Å². The number of carbonyl (C=O) groups excluding carboxylic acids is 1. The molecule has 1 aromatic rings. The van der Waals surface area contributed by atoms with Gasteiger partial charge in [0.2, 0.25) is 0 Å². The number of carbonyl (C=O) groups is 1. The third-order valence-electron chi connectivity index (χ3n) is 3.21. The molecular weight excluding hydrogens is 262 g/mol. The summed E-state index contributed by atoms with van der Waals surface area (Å²) in [5.41, 5.74) is 1.05. The maximum Gasteiger partial charge on any atom is 0.317 e. The first-order valence-corrected chi connectivity index (χ1v) is 7.62. The van der Waals surface area contributed by atoms with Crippen LogP contribution in [0, 0.1) is 6.92 Å². The molecule has 0 aliphatic carbocycles. The van der Waals surface area contributed by atoms with Gasteiger partial charge < -0.3 is 15.0 Å². The minimum Gasteiger partial charge on any atom is -0.375 e. The van der Waals surface area contributed by atoms with Gasteiger partial charge in [-0.25, -0.2) is 9.78 Å². The Labute approximate surface area is 118 Å². The highest BCUT2D eigenvalue weighted by molar-refractivity contribution is 7.09. The van der Waals surface area contributed by atoms with E-state index in [0.717, 1.165) is 23.5 Å². The van der Waals surface area contributed by atoms with E-state index in [1.54, 1.807) is 11.3 Å². The Morgan fingerprint density at radius 3 is 3.21 bits per heavy atom. The zero-order valence-electron chi connectivity index (χ0n) is 11.5. The number of ether oxygens (including phenoxy) is 1. The topological polar surface area (TPSA) is 54.5 Å². The van der Waals surface area contributed by atoms with Gasteiger partial charge in [0.1, 0.15) is 0 Å². The standard InChI is InChI=1S/C13H21N3O2S/c1-3-12-8-16(6-7-18-12)13(17)14-5-4-11-9-19-10(2)15-11/h9,12H,3-8H2,1-2H3,(H,14,17)/t12-/m1/s1. The summed E-state index contributed by atoms with van der Waals surface area (Å²) in [4.78, 5) is 18.2. The third-order valence-corrected chi connectivity index (χ3v) is 4.03. The first kappa shape index (κ1) is 14.3. The number of nitrogens with zero attached hydrogens (tertiary/aromatic N) is 2. The van der Waals surface area contributed by atoms with Gasteiger partial charge in [0.05, 0.1) is 23.4 Å². The molecule has 0 unspecified atom stereocenters. The molecule has 1 aliphatic heterocycles. The molecule has 0 aromatic carbocycles. The van der Waals surface area contributed by atoms with E-state index in [0.29, 0.717) is 26.2 Å². The van der Waals surface area contributed by atoms with Gasteiger partial charge in [0.15, 0.2) is 0 Å². The van der Waals surface area contributed by atoms with Crippen molar-refractivity contribution in [3.8, 4) is 0 Å². The van der Waals surface area contributed by atoms with Gasteiger partial charge in [0.25, 0.3) is 0 Å². The molecule has 5 nitrogen and oxygen atoms in total. The molecule has 2 amide bonds. The molecule has 1 atom stereocenters. The van der Waals surface area contributed by atoms with Gasteiger partial charge in [-0.2, -0.15) is 0 Å². The van der Waals surface area contributed by atoms with Gasteiger partial charge in [-0.1, -0.05) is 6.92 Å². The van der Waals surface area contributed by atoms with Crippen LogP contribution in [0.4, 0.5) is 4.79 Å². The number of rotatable bonds is 4. The van der Waals surface area contributed by atoms with E-state index in [4.69, 9.17) is 4.74 Å². The van der Waals surface area contributed by atoms with Crippen LogP contribution in [-0.2, 0) is 11.2 Å². The molecule has 1 aliphatic rings. The molecule has 1 aromatic heterocycles. The second-order valence-corrected chi connectivity index (χ2v) is 5.75. The smallest absolute Gasteiger partial charge is 0.317 e. The van der Waals surface area contributed by atoms with Crippen molar-refractivity contribution in [3.63, 3.8) is 0 Å². The minimum absolute atomic E-state index is 0.00806. The van der Waals surface area contributed by atoms with E-state index in [2.05, 4.69) is 17.2 Å². The number of nitrogens with one attached hydrogen (secondary N) is 1. The molecule has 2 heterocycles. The number of urea groups is 1. The van der Waals surface area contributed by atoms with Crippen LogP contribution in [0.3, 0.4) is 0 Å². The highest BCUT2D eigenvalue weighted by Gasteiger charge is 2.22. The average Bonchev–Trinajstić information content (AvgIpc) is 2.84. The number of aryl methyl sites for hydroxylation is 1. The summed E-state index contributed by atoms with van der Waals surface area (Å²) in [6.45, 7) is 6.71. The van der Waals surface area contributed by atoms with Crippen LogP contribution < -0.4 is 5.32 Å². The highest BCUT2D eigenvalue weighted by Crippen LogP contribution is 2.09. The van der Waals surface area contributed by atoms with E-state index >= 15 is 0 Å². The van der Waals surface area contributed by atoms with Crippen molar-refractivity contribution in [3.05, 3.63) is 16.1 Å². The molecule has 1 saturated heterocycles. The lowest BCUT2D eigenvalue weighted by molar-refractivity contribution is -0.0153. The number of hydrogen-bond donors (Lipinski definition) is 1. The predicted molar refractivity (Wildman–Crippen MR) is 75.6 cm³/mol. The molecule has 0 spiro atoms. The number of hydrogen-bond acceptors (Lipinski definition) is 4. The quantitative estimate of drug-likeness (QED) is 0.917. The monoisotopic (exact) mass is 283 g/mol. The normalized spacial score (nSPS) is 19.5. The molecule has 0 saturated carbocycles. The second kappa shape index (κ2) is 6.86. The molecule has 6 heteroatoms. The van der Waals surface area contributed by atoms with Crippen LogP contribution in [0.25, 0.3) is 0 Å². The third kappa shape index (κ3) is 4.18. The van der Waals surface area contributed by atoms with E-state index in [-0.39, 0.29) is 12.1 Å². The van der Waals surface area contributed by atoms with E-state index < -0.39 is 0 Å². The van der Waals surface area contributed by atoms with Crippen molar-refractivity contribution in [2.24, 2.45) is 0 Å². The summed E-state index contributed by atoms with van der Waals surface area (Å²) < 4.78 is 5.55. The number of thiazole rings is 1. The Morgan fingerprint density at radius 1 is 1.68 bits per heavy atom. The SMILES string of the molecule is CC[C@@H]1CN(C(=O)NCCc2csc(C)n2)CCO1. The van der Waals surface area contributed by atoms with Crippen molar-refractivity contribution in [1.29, 1.82) is 0 Å². The van der Waals surface area contributed by atoms with E-state index in [1.807, 2.05) is 17.2 Å². The van der Waals surface area contributed by atoms with Crippen molar-refractivity contribution in [1.82, 2.24) is 15.2 Å². The molecule has 0 bridgehead atoms. The van der Waals surface area contributed by atoms with Crippen molar-refractivity contribution >= 4 is 17.4 Å². The van der Waals surface area contributed by atoms with Crippen molar-refractivity contribution in [2.75, 3.05) is 26.2 Å². The fourth-order valence-electron chi connectivity index (χ4n) is 2.08. The molecule has 1 fully saturated rings. The lowest BCUT2D eigenvalue weighted by atomic mass is 10.2. The average molecular weight is 283 g/mol. The predicted octanol–water partition coefficient (Wildman–Crippen LogP) is 1.81. The molecule has 2 rings (SSSR count). The zero-order chi connectivity index (χ0) is 13.7. The molecule has 0 radical (unpaired) electrons. The minimum atomic E-state index is 0.00806. The summed E-state index contributed by atoms with van der Waals surface area (Å²) in [5.74, 6) is 0. The second-order valence-electron chi connectivity index (χ2n) is 4.69. The summed E-state index contributed by atoms with van der Waals surface area (Å²) in [6.07, 6.45) is 1.92. The summed E-state index contributed by atoms with van der Waals surface area (Å²) in [7, 11) is 0. The highest BCUT2D eigenvalue weighted by atomic mass is 32.1. The van der Waals surface area contributed by atoms with Gasteiger partial charge in [-0.3, -0.25) is 0 Å². The van der Waals surface area contributed by atoms with Crippen molar-refractivity contribution in [2.45, 2.75) is 32.8 Å². The number of morpholine rings is 1. The van der Waals surface area contributed by atoms with Crippen LogP contribution in [0.2, 0.25) is 0 Å². The molecule has 1 N–H and O–H groups in total. The molecule has 19 heavy (non-hydrogen) atoms. The Morgan fingerprint density at radius 2 is 2.53 bits per heavy atom. The summed E-state index contributed by atoms with van der Waals surface area (Å²) in [5, 5.41) is 6.07. The lowest BCUT2D eigenvalue weighted by Crippen LogP contribution is -2.49. The van der Waals surface area contributed by atoms with E-state index in [9.17, 15) is 4.79 Å². The fourth-order valence-corrected chi connectivity index (χ4v) is 2.73. The van der Waals surface area contributed by atoms with Gasteiger partial charge in [-0.05, 0) is 13.3 Å². The Hall–Kier alpha value is -1.14. The van der Waals surface area contributed by atoms with Crippen molar-refractivity contribution < 1.29 is 9.53 Å². The lowest BCUT2D eigenvalue weighted by Gasteiger charge is -2.32.